The van der Waals surface area contributed by atoms with E-state index < -0.39 is 0 Å². The molecule has 1 aliphatic rings. The Bertz CT molecular complexity index is 894. The fourth-order valence-electron chi connectivity index (χ4n) is 4.35. The number of H-pyrrole nitrogens is 1. The van der Waals surface area contributed by atoms with Gasteiger partial charge in [0.2, 0.25) is 0 Å². The van der Waals surface area contributed by atoms with Gasteiger partial charge in [0.1, 0.15) is 11.4 Å². The molecule has 1 N–H and O–H groups in total. The molecule has 4 nitrogen and oxygen atoms in total. The van der Waals surface area contributed by atoms with Crippen LogP contribution < -0.4 is 4.74 Å². The van der Waals surface area contributed by atoms with Gasteiger partial charge in [0, 0.05) is 29.9 Å². The minimum absolute atomic E-state index is 0.328. The second kappa shape index (κ2) is 7.73. The van der Waals surface area contributed by atoms with Crippen molar-refractivity contribution in [2.75, 3.05) is 14.2 Å². The summed E-state index contributed by atoms with van der Waals surface area (Å²) in [4.78, 5) is 10.7. The minimum atomic E-state index is 0.328. The average Bonchev–Trinajstić information content (AvgIpc) is 3.36. The lowest BCUT2D eigenvalue weighted by Crippen LogP contribution is -2.22. The first kappa shape index (κ1) is 18.1. The second-order valence-electron chi connectivity index (χ2n) is 7.76. The highest BCUT2D eigenvalue weighted by Gasteiger charge is 2.25. The lowest BCUT2D eigenvalue weighted by molar-refractivity contribution is 0.252. The normalized spacial score (nSPS) is 16.3. The van der Waals surface area contributed by atoms with E-state index in [0.717, 1.165) is 17.9 Å². The van der Waals surface area contributed by atoms with E-state index in [4.69, 9.17) is 4.74 Å². The molecule has 0 amide bonds. The Balaban J connectivity index is 1.62. The lowest BCUT2D eigenvalue weighted by Gasteiger charge is -2.26. The molecule has 142 valence electrons. The van der Waals surface area contributed by atoms with Gasteiger partial charge in [-0.25, -0.2) is 4.98 Å². The van der Waals surface area contributed by atoms with Gasteiger partial charge in [-0.15, -0.1) is 0 Å². The van der Waals surface area contributed by atoms with Crippen LogP contribution in [0.5, 0.6) is 5.75 Å². The first-order valence-corrected chi connectivity index (χ1v) is 9.97. The van der Waals surface area contributed by atoms with Gasteiger partial charge in [0.05, 0.1) is 7.11 Å². The number of pyridine rings is 1. The molecule has 1 aliphatic carbocycles. The highest BCUT2D eigenvalue weighted by atomic mass is 16.5. The SMILES string of the molecule is COc1ccc(C(C)N(C)Cc2c(C3CCCC3)[nH]c3ncccc23)cc1. The van der Waals surface area contributed by atoms with Crippen LogP contribution in [-0.4, -0.2) is 29.0 Å². The van der Waals surface area contributed by atoms with Gasteiger partial charge in [-0.1, -0.05) is 25.0 Å². The Hall–Kier alpha value is -2.33. The summed E-state index contributed by atoms with van der Waals surface area (Å²) in [7, 11) is 3.92. The Morgan fingerprint density at radius 3 is 2.63 bits per heavy atom. The van der Waals surface area contributed by atoms with E-state index in [0.29, 0.717) is 12.0 Å². The summed E-state index contributed by atoms with van der Waals surface area (Å²) < 4.78 is 5.29. The number of methoxy groups -OCH3 is 1. The van der Waals surface area contributed by atoms with Crippen molar-refractivity contribution in [3.05, 3.63) is 59.4 Å². The van der Waals surface area contributed by atoms with E-state index in [-0.39, 0.29) is 0 Å². The summed E-state index contributed by atoms with van der Waals surface area (Å²) in [5.74, 6) is 1.55. The Morgan fingerprint density at radius 2 is 1.93 bits per heavy atom. The molecule has 1 fully saturated rings. The number of fused-ring (bicyclic) bond motifs is 1. The van der Waals surface area contributed by atoms with Gasteiger partial charge in [-0.3, -0.25) is 4.90 Å². The largest absolute Gasteiger partial charge is 0.497 e. The van der Waals surface area contributed by atoms with Crippen LogP contribution in [0.15, 0.2) is 42.6 Å². The number of hydrogen-bond donors (Lipinski definition) is 1. The van der Waals surface area contributed by atoms with E-state index in [1.807, 2.05) is 24.4 Å². The Labute approximate surface area is 161 Å². The topological polar surface area (TPSA) is 41.1 Å². The standard InChI is InChI=1S/C23H29N3O/c1-16(17-10-12-19(27-3)13-11-17)26(2)15-21-20-9-6-14-24-23(20)25-22(21)18-7-4-5-8-18/h6,9-14,16,18H,4-5,7-8,15H2,1-3H3,(H,24,25). The van der Waals surface area contributed by atoms with Crippen molar-refractivity contribution in [1.29, 1.82) is 0 Å². The van der Waals surface area contributed by atoms with Gasteiger partial charge < -0.3 is 9.72 Å². The molecule has 0 spiro atoms. The fraction of sp³-hybridized carbons (Fsp3) is 0.435. The third-order valence-corrected chi connectivity index (χ3v) is 6.14. The maximum Gasteiger partial charge on any atom is 0.137 e. The molecule has 1 unspecified atom stereocenters. The molecule has 1 saturated carbocycles. The summed E-state index contributed by atoms with van der Waals surface area (Å²) in [5, 5.41) is 1.27. The van der Waals surface area contributed by atoms with Crippen LogP contribution in [0.3, 0.4) is 0 Å². The number of aromatic nitrogens is 2. The molecular weight excluding hydrogens is 334 g/mol. The first-order valence-electron chi connectivity index (χ1n) is 9.97. The number of rotatable bonds is 6. The third-order valence-electron chi connectivity index (χ3n) is 6.14. The zero-order chi connectivity index (χ0) is 18.8. The molecule has 4 rings (SSSR count). The fourth-order valence-corrected chi connectivity index (χ4v) is 4.35. The quantitative estimate of drug-likeness (QED) is 0.635. The van der Waals surface area contributed by atoms with E-state index in [2.05, 4.69) is 47.0 Å². The van der Waals surface area contributed by atoms with E-state index in [1.165, 1.54) is 47.9 Å². The van der Waals surface area contributed by atoms with Crippen molar-refractivity contribution in [2.24, 2.45) is 0 Å². The number of nitrogens with zero attached hydrogens (tertiary/aromatic N) is 2. The molecule has 2 aromatic heterocycles. The molecule has 3 aromatic rings. The van der Waals surface area contributed by atoms with Crippen molar-refractivity contribution in [2.45, 2.75) is 51.1 Å². The average molecular weight is 364 g/mol. The van der Waals surface area contributed by atoms with E-state index in [1.54, 1.807) is 7.11 Å². The van der Waals surface area contributed by atoms with Gasteiger partial charge in [-0.05, 0) is 68.1 Å². The Kier molecular flexibility index (Phi) is 5.17. The predicted octanol–water partition coefficient (Wildman–Crippen LogP) is 5.42. The predicted molar refractivity (Wildman–Crippen MR) is 110 cm³/mol. The highest BCUT2D eigenvalue weighted by Crippen LogP contribution is 2.38. The third kappa shape index (κ3) is 3.59. The van der Waals surface area contributed by atoms with Gasteiger partial charge in [0.25, 0.3) is 0 Å². The lowest BCUT2D eigenvalue weighted by atomic mass is 9.98. The number of ether oxygens (including phenoxy) is 1. The zero-order valence-electron chi connectivity index (χ0n) is 16.5. The zero-order valence-corrected chi connectivity index (χ0v) is 16.5. The molecule has 0 aliphatic heterocycles. The minimum Gasteiger partial charge on any atom is -0.497 e. The number of nitrogens with one attached hydrogen (secondary N) is 1. The maximum atomic E-state index is 5.29. The molecule has 4 heteroatoms. The van der Waals surface area contributed by atoms with Crippen LogP contribution in [0.4, 0.5) is 0 Å². The molecule has 0 bridgehead atoms. The van der Waals surface area contributed by atoms with Gasteiger partial charge in [0.15, 0.2) is 0 Å². The highest BCUT2D eigenvalue weighted by molar-refractivity contribution is 5.81. The smallest absolute Gasteiger partial charge is 0.137 e. The first-order chi connectivity index (χ1) is 13.2. The monoisotopic (exact) mass is 363 g/mol. The molecule has 2 heterocycles. The van der Waals surface area contributed by atoms with Crippen molar-refractivity contribution in [1.82, 2.24) is 14.9 Å². The molecule has 1 atom stereocenters. The number of hydrogen-bond acceptors (Lipinski definition) is 3. The second-order valence-corrected chi connectivity index (χ2v) is 7.76. The Morgan fingerprint density at radius 1 is 1.19 bits per heavy atom. The molecule has 0 saturated heterocycles. The van der Waals surface area contributed by atoms with Crippen molar-refractivity contribution < 1.29 is 4.74 Å². The number of aromatic amines is 1. The van der Waals surface area contributed by atoms with Gasteiger partial charge in [-0.2, -0.15) is 0 Å². The van der Waals surface area contributed by atoms with Crippen LogP contribution in [0.1, 0.15) is 61.4 Å². The van der Waals surface area contributed by atoms with Crippen LogP contribution in [-0.2, 0) is 6.54 Å². The van der Waals surface area contributed by atoms with E-state index in [9.17, 15) is 0 Å². The summed E-state index contributed by atoms with van der Waals surface area (Å²) in [6.07, 6.45) is 7.13. The number of benzene rings is 1. The van der Waals surface area contributed by atoms with Crippen LogP contribution in [0, 0.1) is 0 Å². The van der Waals surface area contributed by atoms with Gasteiger partial charge >= 0.3 is 0 Å². The van der Waals surface area contributed by atoms with Crippen molar-refractivity contribution in [3.8, 4) is 5.75 Å². The van der Waals surface area contributed by atoms with Crippen LogP contribution in [0.2, 0.25) is 0 Å². The summed E-state index contributed by atoms with van der Waals surface area (Å²) in [6, 6.07) is 13.0. The van der Waals surface area contributed by atoms with E-state index >= 15 is 0 Å². The van der Waals surface area contributed by atoms with Crippen molar-refractivity contribution in [3.63, 3.8) is 0 Å². The summed E-state index contributed by atoms with van der Waals surface area (Å²) >= 11 is 0. The molecule has 27 heavy (non-hydrogen) atoms. The molecule has 0 radical (unpaired) electrons. The summed E-state index contributed by atoms with van der Waals surface area (Å²) in [5.41, 5.74) is 5.17. The van der Waals surface area contributed by atoms with Crippen LogP contribution >= 0.6 is 0 Å². The van der Waals surface area contributed by atoms with Crippen molar-refractivity contribution >= 4 is 11.0 Å². The molecule has 1 aromatic carbocycles. The molecular formula is C23H29N3O. The van der Waals surface area contributed by atoms with Crippen LogP contribution in [0.25, 0.3) is 11.0 Å². The maximum absolute atomic E-state index is 5.29. The summed E-state index contributed by atoms with van der Waals surface area (Å²) in [6.45, 7) is 3.19.